The summed E-state index contributed by atoms with van der Waals surface area (Å²) in [6.45, 7) is 2.02. The summed E-state index contributed by atoms with van der Waals surface area (Å²) in [7, 11) is 0. The molecule has 1 aliphatic carbocycles. The van der Waals surface area contributed by atoms with Crippen LogP contribution in [0, 0.1) is 23.5 Å². The zero-order valence-corrected chi connectivity index (χ0v) is 9.17. The second kappa shape index (κ2) is 4.32. The van der Waals surface area contributed by atoms with Crippen molar-refractivity contribution in [1.29, 1.82) is 0 Å². The normalized spacial score (nSPS) is 24.7. The van der Waals surface area contributed by atoms with Gasteiger partial charge in [-0.1, -0.05) is 13.3 Å². The summed E-state index contributed by atoms with van der Waals surface area (Å²) < 4.78 is 26.0. The number of ketones is 1. The van der Waals surface area contributed by atoms with Crippen molar-refractivity contribution in [2.24, 2.45) is 11.8 Å². The number of carbonyl (C=O) groups excluding carboxylic acids is 1. The van der Waals surface area contributed by atoms with Gasteiger partial charge < -0.3 is 0 Å². The Morgan fingerprint density at radius 2 is 1.81 bits per heavy atom. The Kier molecular flexibility index (Phi) is 3.03. The van der Waals surface area contributed by atoms with Crippen molar-refractivity contribution in [3.63, 3.8) is 0 Å². The summed E-state index contributed by atoms with van der Waals surface area (Å²) in [5.74, 6) is -1.24. The van der Waals surface area contributed by atoms with E-state index in [0.717, 1.165) is 37.5 Å². The lowest BCUT2D eigenvalue weighted by atomic mass is 9.89. The number of halogens is 2. The summed E-state index contributed by atoms with van der Waals surface area (Å²) >= 11 is 0. The highest BCUT2D eigenvalue weighted by Crippen LogP contribution is 2.33. The van der Waals surface area contributed by atoms with E-state index in [0.29, 0.717) is 5.92 Å². The number of carbonyl (C=O) groups is 1. The van der Waals surface area contributed by atoms with Gasteiger partial charge in [-0.2, -0.15) is 0 Å². The average molecular weight is 224 g/mol. The topological polar surface area (TPSA) is 17.1 Å². The standard InChI is InChI=1S/C13H14F2O/c1-8-3-2-4-12(8)13(16)9-5-10(14)7-11(15)6-9/h5-8,12H,2-4H2,1H3. The molecule has 0 saturated heterocycles. The third-order valence-corrected chi connectivity index (χ3v) is 3.35. The third kappa shape index (κ3) is 2.13. The lowest BCUT2D eigenvalue weighted by molar-refractivity contribution is 0.0896. The quantitative estimate of drug-likeness (QED) is 0.702. The SMILES string of the molecule is CC1CCCC1C(=O)c1cc(F)cc(F)c1. The van der Waals surface area contributed by atoms with Crippen LogP contribution in [-0.4, -0.2) is 5.78 Å². The van der Waals surface area contributed by atoms with E-state index in [1.165, 1.54) is 0 Å². The smallest absolute Gasteiger partial charge is 0.166 e. The summed E-state index contributed by atoms with van der Waals surface area (Å²) in [4.78, 5) is 12.0. The molecule has 1 fully saturated rings. The van der Waals surface area contributed by atoms with Gasteiger partial charge in [-0.15, -0.1) is 0 Å². The second-order valence-corrected chi connectivity index (χ2v) is 4.54. The van der Waals surface area contributed by atoms with Gasteiger partial charge in [0.05, 0.1) is 0 Å². The van der Waals surface area contributed by atoms with Crippen LogP contribution in [-0.2, 0) is 0 Å². The molecule has 2 atom stereocenters. The molecule has 2 unspecified atom stereocenters. The van der Waals surface area contributed by atoms with E-state index in [-0.39, 0.29) is 17.3 Å². The molecule has 1 nitrogen and oxygen atoms in total. The van der Waals surface area contributed by atoms with Crippen LogP contribution < -0.4 is 0 Å². The Hall–Kier alpha value is -1.25. The summed E-state index contributed by atoms with van der Waals surface area (Å²) in [6, 6.07) is 3.03. The first-order valence-corrected chi connectivity index (χ1v) is 5.58. The zero-order valence-electron chi connectivity index (χ0n) is 9.17. The van der Waals surface area contributed by atoms with Crippen LogP contribution in [0.5, 0.6) is 0 Å². The molecule has 2 rings (SSSR count). The Bertz CT molecular complexity index is 394. The molecule has 0 bridgehead atoms. The van der Waals surface area contributed by atoms with E-state index < -0.39 is 11.6 Å². The largest absolute Gasteiger partial charge is 0.294 e. The molecule has 0 amide bonds. The van der Waals surface area contributed by atoms with Gasteiger partial charge in [0.25, 0.3) is 0 Å². The number of Topliss-reactive ketones (excluding diaryl/α,β-unsaturated/α-hetero) is 1. The minimum Gasteiger partial charge on any atom is -0.294 e. The summed E-state index contributed by atoms with van der Waals surface area (Å²) in [5.41, 5.74) is 0.163. The zero-order chi connectivity index (χ0) is 11.7. The van der Waals surface area contributed by atoms with Gasteiger partial charge in [-0.3, -0.25) is 4.79 Å². The predicted molar refractivity (Wildman–Crippen MR) is 57.2 cm³/mol. The van der Waals surface area contributed by atoms with E-state index >= 15 is 0 Å². The van der Waals surface area contributed by atoms with Crippen molar-refractivity contribution in [2.75, 3.05) is 0 Å². The Balaban J connectivity index is 2.26. The van der Waals surface area contributed by atoms with Gasteiger partial charge in [0.1, 0.15) is 11.6 Å². The van der Waals surface area contributed by atoms with Crippen LogP contribution >= 0.6 is 0 Å². The average Bonchev–Trinajstić information content (AvgIpc) is 2.62. The molecular formula is C13H14F2O. The molecular weight excluding hydrogens is 210 g/mol. The maximum absolute atomic E-state index is 13.0. The van der Waals surface area contributed by atoms with Crippen LogP contribution in [0.1, 0.15) is 36.5 Å². The molecule has 0 spiro atoms. The van der Waals surface area contributed by atoms with Crippen molar-refractivity contribution >= 4 is 5.78 Å². The molecule has 0 aromatic heterocycles. The van der Waals surface area contributed by atoms with Crippen LogP contribution in [0.3, 0.4) is 0 Å². The first kappa shape index (κ1) is 11.2. The molecule has 0 aliphatic heterocycles. The first-order valence-electron chi connectivity index (χ1n) is 5.58. The van der Waals surface area contributed by atoms with Crippen molar-refractivity contribution < 1.29 is 13.6 Å². The Morgan fingerprint density at radius 3 is 2.31 bits per heavy atom. The maximum atomic E-state index is 13.0. The molecule has 86 valence electrons. The molecule has 3 heteroatoms. The summed E-state index contributed by atoms with van der Waals surface area (Å²) in [6.07, 6.45) is 2.88. The Morgan fingerprint density at radius 1 is 1.19 bits per heavy atom. The van der Waals surface area contributed by atoms with Gasteiger partial charge in [-0.05, 0) is 30.9 Å². The number of rotatable bonds is 2. The van der Waals surface area contributed by atoms with E-state index in [1.807, 2.05) is 6.92 Å². The highest BCUT2D eigenvalue weighted by molar-refractivity contribution is 5.98. The molecule has 0 radical (unpaired) electrons. The van der Waals surface area contributed by atoms with Crippen LogP contribution in [0.15, 0.2) is 18.2 Å². The second-order valence-electron chi connectivity index (χ2n) is 4.54. The summed E-state index contributed by atoms with van der Waals surface area (Å²) in [5, 5.41) is 0. The molecule has 1 aromatic carbocycles. The van der Waals surface area contributed by atoms with Gasteiger partial charge >= 0.3 is 0 Å². The minimum atomic E-state index is -0.686. The fraction of sp³-hybridized carbons (Fsp3) is 0.462. The van der Waals surface area contributed by atoms with Gasteiger partial charge in [0.2, 0.25) is 0 Å². The molecule has 0 N–H and O–H groups in total. The lowest BCUT2D eigenvalue weighted by Gasteiger charge is -2.13. The van der Waals surface area contributed by atoms with Crippen LogP contribution in [0.4, 0.5) is 8.78 Å². The number of hydrogen-bond donors (Lipinski definition) is 0. The molecule has 1 aromatic rings. The fourth-order valence-electron chi connectivity index (χ4n) is 2.45. The van der Waals surface area contributed by atoms with Crippen LogP contribution in [0.2, 0.25) is 0 Å². The lowest BCUT2D eigenvalue weighted by Crippen LogP contribution is -2.17. The molecule has 1 saturated carbocycles. The maximum Gasteiger partial charge on any atom is 0.166 e. The van der Waals surface area contributed by atoms with Crippen molar-refractivity contribution in [1.82, 2.24) is 0 Å². The number of benzene rings is 1. The van der Waals surface area contributed by atoms with Gasteiger partial charge in [0, 0.05) is 17.5 Å². The minimum absolute atomic E-state index is 0.0683. The van der Waals surface area contributed by atoms with Crippen molar-refractivity contribution in [3.8, 4) is 0 Å². The van der Waals surface area contributed by atoms with Gasteiger partial charge in [0.15, 0.2) is 5.78 Å². The van der Waals surface area contributed by atoms with Crippen LogP contribution in [0.25, 0.3) is 0 Å². The number of hydrogen-bond acceptors (Lipinski definition) is 1. The van der Waals surface area contributed by atoms with Gasteiger partial charge in [-0.25, -0.2) is 8.78 Å². The fourth-order valence-corrected chi connectivity index (χ4v) is 2.45. The van der Waals surface area contributed by atoms with E-state index in [9.17, 15) is 13.6 Å². The van der Waals surface area contributed by atoms with Crippen molar-refractivity contribution in [3.05, 3.63) is 35.4 Å². The van der Waals surface area contributed by atoms with E-state index in [1.54, 1.807) is 0 Å². The highest BCUT2D eigenvalue weighted by atomic mass is 19.1. The monoisotopic (exact) mass is 224 g/mol. The Labute approximate surface area is 93.5 Å². The first-order chi connectivity index (χ1) is 7.58. The van der Waals surface area contributed by atoms with E-state index in [2.05, 4.69) is 0 Å². The molecule has 0 heterocycles. The molecule has 1 aliphatic rings. The molecule has 16 heavy (non-hydrogen) atoms. The van der Waals surface area contributed by atoms with E-state index in [4.69, 9.17) is 0 Å². The highest BCUT2D eigenvalue weighted by Gasteiger charge is 2.30. The van der Waals surface area contributed by atoms with Crippen molar-refractivity contribution in [2.45, 2.75) is 26.2 Å². The third-order valence-electron chi connectivity index (χ3n) is 3.35. The predicted octanol–water partition coefficient (Wildman–Crippen LogP) is 3.58.